The van der Waals surface area contributed by atoms with Crippen LogP contribution in [0.15, 0.2) is 12.1 Å². The summed E-state index contributed by atoms with van der Waals surface area (Å²) in [6.07, 6.45) is 0.362. The maximum absolute atomic E-state index is 11.7. The van der Waals surface area contributed by atoms with E-state index in [0.717, 1.165) is 0 Å². The first kappa shape index (κ1) is 9.85. The van der Waals surface area contributed by atoms with E-state index >= 15 is 0 Å². The van der Waals surface area contributed by atoms with E-state index in [0.29, 0.717) is 6.29 Å². The van der Waals surface area contributed by atoms with Crippen molar-refractivity contribution >= 4 is 17.9 Å². The van der Waals surface area contributed by atoms with E-state index in [1.165, 1.54) is 12.1 Å². The molecule has 6 heteroatoms. The number of hydrogen-bond acceptors (Lipinski definition) is 3. The quantitative estimate of drug-likeness (QED) is 0.563. The zero-order valence-corrected chi connectivity index (χ0v) is 6.96. The molecule has 0 saturated heterocycles. The summed E-state index contributed by atoms with van der Waals surface area (Å²) >= 11 is 5.41. The van der Waals surface area contributed by atoms with E-state index in [1.807, 2.05) is 0 Å². The highest BCUT2D eigenvalue weighted by Crippen LogP contribution is 2.18. The van der Waals surface area contributed by atoms with Crippen molar-refractivity contribution in [1.29, 1.82) is 0 Å². The molecule has 1 rings (SSSR count). The largest absolute Gasteiger partial charge is 0.416 e. The highest BCUT2D eigenvalue weighted by molar-refractivity contribution is 6.29. The number of ether oxygens (including phenoxy) is 1. The van der Waals surface area contributed by atoms with Gasteiger partial charge in [0.15, 0.2) is 6.29 Å². The first-order valence-corrected chi connectivity index (χ1v) is 3.58. The topological polar surface area (TPSA) is 39.2 Å². The molecule has 0 aliphatic heterocycles. The number of nitrogens with zero attached hydrogens (tertiary/aromatic N) is 1. The average molecular weight is 208 g/mol. The Bertz CT molecular complexity index is 319. The monoisotopic (exact) mass is 207 g/mol. The second kappa shape index (κ2) is 4.13. The number of alkyl halides is 2. The van der Waals surface area contributed by atoms with Gasteiger partial charge in [0.05, 0.1) is 5.56 Å². The molecule has 3 nitrogen and oxygen atoms in total. The SMILES string of the molecule is O=Cc1ccc(Cl)nc1OC(F)F. The van der Waals surface area contributed by atoms with Crippen LogP contribution >= 0.6 is 11.6 Å². The van der Waals surface area contributed by atoms with Gasteiger partial charge >= 0.3 is 6.61 Å². The highest BCUT2D eigenvalue weighted by Gasteiger charge is 2.10. The standard InChI is InChI=1S/C7H4ClF2NO2/c8-5-2-1-4(3-12)6(11-5)13-7(9)10/h1-3,7H. The molecule has 0 bridgehead atoms. The summed E-state index contributed by atoms with van der Waals surface area (Å²) in [6.45, 7) is -3.02. The smallest absolute Gasteiger partial charge is 0.388 e. The minimum Gasteiger partial charge on any atom is -0.416 e. The van der Waals surface area contributed by atoms with E-state index in [1.54, 1.807) is 0 Å². The fourth-order valence-electron chi connectivity index (χ4n) is 0.697. The summed E-state index contributed by atoms with van der Waals surface area (Å²) in [6, 6.07) is 2.56. The van der Waals surface area contributed by atoms with E-state index in [-0.39, 0.29) is 10.7 Å². The molecule has 0 radical (unpaired) electrons. The molecule has 0 aromatic carbocycles. The summed E-state index contributed by atoms with van der Waals surface area (Å²) in [7, 11) is 0. The molecule has 0 aliphatic rings. The maximum atomic E-state index is 11.7. The van der Waals surface area contributed by atoms with Crippen molar-refractivity contribution in [3.63, 3.8) is 0 Å². The molecule has 0 N–H and O–H groups in total. The van der Waals surface area contributed by atoms with Crippen LogP contribution in [0.1, 0.15) is 10.4 Å². The maximum Gasteiger partial charge on any atom is 0.388 e. The number of aldehydes is 1. The number of rotatable bonds is 3. The van der Waals surface area contributed by atoms with Crippen LogP contribution in [0.2, 0.25) is 5.15 Å². The van der Waals surface area contributed by atoms with Gasteiger partial charge < -0.3 is 4.74 Å². The Morgan fingerprint density at radius 1 is 1.54 bits per heavy atom. The summed E-state index contributed by atoms with van der Waals surface area (Å²) in [4.78, 5) is 13.7. The predicted molar refractivity (Wildman–Crippen MR) is 41.3 cm³/mol. The molecule has 1 aromatic heterocycles. The Morgan fingerprint density at radius 3 is 2.77 bits per heavy atom. The van der Waals surface area contributed by atoms with Crippen molar-refractivity contribution in [3.8, 4) is 5.88 Å². The van der Waals surface area contributed by atoms with Crippen LogP contribution in [0.3, 0.4) is 0 Å². The van der Waals surface area contributed by atoms with Crippen LogP contribution in [0.5, 0.6) is 5.88 Å². The molecule has 0 amide bonds. The van der Waals surface area contributed by atoms with Crippen molar-refractivity contribution in [3.05, 3.63) is 22.8 Å². The fourth-order valence-corrected chi connectivity index (χ4v) is 0.837. The van der Waals surface area contributed by atoms with Gasteiger partial charge in [0, 0.05) is 0 Å². The van der Waals surface area contributed by atoms with E-state index in [4.69, 9.17) is 11.6 Å². The van der Waals surface area contributed by atoms with Gasteiger partial charge in [-0.05, 0) is 12.1 Å². The molecular formula is C7H4ClF2NO2. The minimum atomic E-state index is -3.02. The fraction of sp³-hybridized carbons (Fsp3) is 0.143. The van der Waals surface area contributed by atoms with Gasteiger partial charge in [0.25, 0.3) is 0 Å². The van der Waals surface area contributed by atoms with Gasteiger partial charge in [-0.1, -0.05) is 11.6 Å². The molecule has 0 fully saturated rings. The van der Waals surface area contributed by atoms with Crippen LogP contribution in [0.4, 0.5) is 8.78 Å². The Kier molecular flexibility index (Phi) is 3.13. The van der Waals surface area contributed by atoms with Gasteiger partial charge in [0.1, 0.15) is 5.15 Å². The van der Waals surface area contributed by atoms with E-state index in [9.17, 15) is 13.6 Å². The van der Waals surface area contributed by atoms with Gasteiger partial charge in [-0.25, -0.2) is 4.98 Å². The molecular weight excluding hydrogens is 204 g/mol. The molecule has 0 unspecified atom stereocenters. The third-order valence-electron chi connectivity index (χ3n) is 1.18. The molecule has 0 aliphatic carbocycles. The Hall–Kier alpha value is -1.23. The van der Waals surface area contributed by atoms with Gasteiger partial charge in [-0.2, -0.15) is 8.78 Å². The molecule has 0 spiro atoms. The van der Waals surface area contributed by atoms with Crippen molar-refractivity contribution in [1.82, 2.24) is 4.98 Å². The first-order valence-electron chi connectivity index (χ1n) is 3.20. The number of carbonyl (C=O) groups is 1. The molecule has 1 aromatic rings. The van der Waals surface area contributed by atoms with Crippen LogP contribution < -0.4 is 4.74 Å². The lowest BCUT2D eigenvalue weighted by molar-refractivity contribution is -0.0530. The summed E-state index contributed by atoms with van der Waals surface area (Å²) in [5.41, 5.74) is -0.0651. The van der Waals surface area contributed by atoms with Gasteiger partial charge in [0.2, 0.25) is 5.88 Å². The first-order chi connectivity index (χ1) is 6.13. The van der Waals surface area contributed by atoms with Crippen molar-refractivity contribution in [2.24, 2.45) is 0 Å². The zero-order chi connectivity index (χ0) is 9.84. The lowest BCUT2D eigenvalue weighted by Crippen LogP contribution is -2.06. The predicted octanol–water partition coefficient (Wildman–Crippen LogP) is 2.15. The number of hydrogen-bond donors (Lipinski definition) is 0. The van der Waals surface area contributed by atoms with Gasteiger partial charge in [-0.3, -0.25) is 4.79 Å². The number of pyridine rings is 1. The van der Waals surface area contributed by atoms with Crippen LogP contribution in [0.25, 0.3) is 0 Å². The summed E-state index contributed by atoms with van der Waals surface area (Å²) < 4.78 is 27.5. The molecule has 13 heavy (non-hydrogen) atoms. The van der Waals surface area contributed by atoms with Crippen molar-refractivity contribution < 1.29 is 18.3 Å². The van der Waals surface area contributed by atoms with E-state index < -0.39 is 12.5 Å². The molecule has 0 atom stereocenters. The molecule has 0 saturated carbocycles. The van der Waals surface area contributed by atoms with Crippen LogP contribution in [-0.2, 0) is 0 Å². The van der Waals surface area contributed by atoms with E-state index in [2.05, 4.69) is 9.72 Å². The summed E-state index contributed by atoms with van der Waals surface area (Å²) in [5.74, 6) is -0.461. The lowest BCUT2D eigenvalue weighted by Gasteiger charge is -2.04. The highest BCUT2D eigenvalue weighted by atomic mass is 35.5. The summed E-state index contributed by atoms with van der Waals surface area (Å²) in [5, 5.41) is -0.0127. The second-order valence-corrected chi connectivity index (χ2v) is 2.41. The Balaban J connectivity index is 3.01. The molecule has 1 heterocycles. The number of carbonyl (C=O) groups excluding carboxylic acids is 1. The lowest BCUT2D eigenvalue weighted by atomic mass is 10.3. The van der Waals surface area contributed by atoms with Crippen molar-refractivity contribution in [2.45, 2.75) is 6.61 Å². The third kappa shape index (κ3) is 2.62. The number of aromatic nitrogens is 1. The second-order valence-electron chi connectivity index (χ2n) is 2.02. The minimum absolute atomic E-state index is 0.0127. The van der Waals surface area contributed by atoms with Crippen LogP contribution in [-0.4, -0.2) is 17.9 Å². The zero-order valence-electron chi connectivity index (χ0n) is 6.21. The van der Waals surface area contributed by atoms with Crippen molar-refractivity contribution in [2.75, 3.05) is 0 Å². The van der Waals surface area contributed by atoms with Gasteiger partial charge in [-0.15, -0.1) is 0 Å². The Morgan fingerprint density at radius 2 is 2.23 bits per heavy atom. The third-order valence-corrected chi connectivity index (χ3v) is 1.39. The average Bonchev–Trinajstić information content (AvgIpc) is 2.03. The van der Waals surface area contributed by atoms with Crippen LogP contribution in [0, 0.1) is 0 Å². The Labute approximate surface area is 77.3 Å². The number of halogens is 3. The normalized spacial score (nSPS) is 10.2. The molecule has 70 valence electrons.